The lowest BCUT2D eigenvalue weighted by atomic mass is 10.2. The lowest BCUT2D eigenvalue weighted by Gasteiger charge is -2.02. The lowest BCUT2D eigenvalue weighted by Crippen LogP contribution is -2.32. The number of aromatic amines is 1. The molecule has 0 spiro atoms. The maximum atomic E-state index is 10.5. The first-order valence-corrected chi connectivity index (χ1v) is 2.89. The Labute approximate surface area is 66.1 Å². The third-order valence-electron chi connectivity index (χ3n) is 1.08. The van der Waals surface area contributed by atoms with Crippen molar-refractivity contribution in [1.82, 2.24) is 9.97 Å². The van der Waals surface area contributed by atoms with Crippen molar-refractivity contribution in [2.24, 2.45) is 5.73 Å². The Bertz CT molecular complexity index is 299. The number of hydrogen-bond acceptors (Lipinski definition) is 3. The Morgan fingerprint density at radius 3 is 3.36 bits per heavy atom. The summed E-state index contributed by atoms with van der Waals surface area (Å²) in [6.45, 7) is 0. The zero-order valence-electron chi connectivity index (χ0n) is 7.61. The van der Waals surface area contributed by atoms with E-state index in [9.17, 15) is 4.79 Å². The number of hydrogen-bond donors (Lipinski definition) is 3. The van der Waals surface area contributed by atoms with Crippen molar-refractivity contribution in [3.8, 4) is 0 Å². The minimum absolute atomic E-state index is 0.208. The highest BCUT2D eigenvalue weighted by atomic mass is 16.4. The first-order chi connectivity index (χ1) is 5.96. The first-order valence-electron chi connectivity index (χ1n) is 3.96. The van der Waals surface area contributed by atoms with Gasteiger partial charge in [0.15, 0.2) is 0 Å². The first kappa shape index (κ1) is 5.31. The third kappa shape index (κ3) is 2.05. The summed E-state index contributed by atoms with van der Waals surface area (Å²) < 4.78 is 14.6. The minimum Gasteiger partial charge on any atom is -0.480 e. The predicted octanol–water partition coefficient (Wildman–Crippen LogP) is -0.636. The van der Waals surface area contributed by atoms with Gasteiger partial charge in [0.2, 0.25) is 0 Å². The second-order valence-corrected chi connectivity index (χ2v) is 1.91. The molecule has 0 aromatic carbocycles. The molecule has 1 aromatic rings. The van der Waals surface area contributed by atoms with Gasteiger partial charge in [0.05, 0.1) is 7.70 Å². The minimum atomic E-state index is -2.35. The highest BCUT2D eigenvalue weighted by Gasteiger charge is 2.11. The van der Waals surface area contributed by atoms with Gasteiger partial charge in [0.1, 0.15) is 6.02 Å². The summed E-state index contributed by atoms with van der Waals surface area (Å²) in [7, 11) is 0. The Kier molecular flexibility index (Phi) is 1.52. The number of carboxylic acid groups (broad SMARTS) is 1. The van der Waals surface area contributed by atoms with Crippen LogP contribution < -0.4 is 5.73 Å². The lowest BCUT2D eigenvalue weighted by molar-refractivity contribution is -0.138. The van der Waals surface area contributed by atoms with Crippen LogP contribution in [0.2, 0.25) is 0 Å². The Balaban J connectivity index is 2.90. The molecule has 11 heavy (non-hydrogen) atoms. The molecule has 0 aliphatic heterocycles. The van der Waals surface area contributed by atoms with Crippen LogP contribution in [0.3, 0.4) is 0 Å². The Hall–Kier alpha value is -1.36. The number of nitrogens with two attached hydrogens (primary N) is 1. The molecule has 1 heterocycles. The molecule has 5 nitrogen and oxygen atoms in total. The van der Waals surface area contributed by atoms with Crippen LogP contribution in [-0.2, 0) is 11.2 Å². The molecule has 0 aliphatic carbocycles. The van der Waals surface area contributed by atoms with Crippen LogP contribution >= 0.6 is 0 Å². The summed E-state index contributed by atoms with van der Waals surface area (Å²) in [4.78, 5) is 16.6. The molecule has 0 bridgehead atoms. The van der Waals surface area contributed by atoms with Gasteiger partial charge in [-0.3, -0.25) is 4.79 Å². The summed E-state index contributed by atoms with van der Waals surface area (Å²) in [5.74, 6) is -1.54. The molecule has 0 aliphatic rings. The summed E-state index contributed by atoms with van der Waals surface area (Å²) >= 11 is 0. The van der Waals surface area contributed by atoms with Gasteiger partial charge in [-0.05, 0) is 0 Å². The molecule has 60 valence electrons. The Morgan fingerprint density at radius 1 is 2.18 bits per heavy atom. The van der Waals surface area contributed by atoms with Crippen LogP contribution in [-0.4, -0.2) is 27.1 Å². The summed E-state index contributed by atoms with van der Waals surface area (Å²) in [6.07, 6.45) is 1.19. The van der Waals surface area contributed by atoms with Crippen molar-refractivity contribution in [3.05, 3.63) is 18.2 Å². The van der Waals surface area contributed by atoms with Gasteiger partial charge < -0.3 is 15.8 Å². The molecule has 0 amide bonds. The molecule has 0 saturated heterocycles. The average molecular weight is 157 g/mol. The van der Waals surface area contributed by atoms with Crippen LogP contribution in [0.1, 0.15) is 8.44 Å². The number of rotatable bonds is 3. The predicted molar refractivity (Wildman–Crippen MR) is 37.9 cm³/mol. The average Bonchev–Trinajstić information content (AvgIpc) is 2.54. The molecular formula is C6H9N3O2. The number of aliphatic carboxylic acids is 1. The molecule has 1 aromatic heterocycles. The topological polar surface area (TPSA) is 92.0 Å². The van der Waals surface area contributed by atoms with E-state index in [2.05, 4.69) is 9.97 Å². The second kappa shape index (κ2) is 3.16. The van der Waals surface area contributed by atoms with E-state index in [1.807, 2.05) is 0 Å². The summed E-state index contributed by atoms with van der Waals surface area (Å²) in [5, 5.41) is 8.54. The van der Waals surface area contributed by atoms with Gasteiger partial charge in [0, 0.05) is 19.7 Å². The van der Waals surface area contributed by atoms with Gasteiger partial charge in [0.25, 0.3) is 0 Å². The zero-order chi connectivity index (χ0) is 10.1. The van der Waals surface area contributed by atoms with Gasteiger partial charge in [-0.2, -0.15) is 0 Å². The van der Waals surface area contributed by atoms with Gasteiger partial charge >= 0.3 is 5.97 Å². The maximum Gasteiger partial charge on any atom is 0.320 e. The van der Waals surface area contributed by atoms with E-state index in [-0.39, 0.29) is 5.69 Å². The van der Waals surface area contributed by atoms with Crippen molar-refractivity contribution in [3.63, 3.8) is 0 Å². The normalized spacial score (nSPS) is 21.2. The Morgan fingerprint density at radius 2 is 2.91 bits per heavy atom. The van der Waals surface area contributed by atoms with Gasteiger partial charge in [-0.15, -0.1) is 0 Å². The molecular weight excluding hydrogens is 146 g/mol. The second-order valence-electron chi connectivity index (χ2n) is 1.91. The molecule has 0 unspecified atom stereocenters. The monoisotopic (exact) mass is 157 g/mol. The van der Waals surface area contributed by atoms with Crippen LogP contribution in [0.25, 0.3) is 0 Å². The highest BCUT2D eigenvalue weighted by Crippen LogP contribution is 1.95. The number of H-pyrrole nitrogens is 1. The quantitative estimate of drug-likeness (QED) is 0.544. The van der Waals surface area contributed by atoms with Crippen molar-refractivity contribution in [2.45, 2.75) is 12.4 Å². The smallest absolute Gasteiger partial charge is 0.320 e. The number of carboxylic acids is 1. The largest absolute Gasteiger partial charge is 0.480 e. The zero-order valence-corrected chi connectivity index (χ0v) is 5.61. The van der Waals surface area contributed by atoms with Crippen molar-refractivity contribution < 1.29 is 12.6 Å². The molecule has 0 radical (unpaired) electrons. The number of carbonyl (C=O) groups is 1. The van der Waals surface area contributed by atoms with Gasteiger partial charge in [-0.25, -0.2) is 4.98 Å². The molecule has 0 saturated carbocycles. The molecule has 4 N–H and O–H groups in total. The summed E-state index contributed by atoms with van der Waals surface area (Å²) in [6, 6.07) is -2.35. The fourth-order valence-electron chi connectivity index (χ4n) is 0.575. The number of imidazole rings is 1. The van der Waals surface area contributed by atoms with Gasteiger partial charge in [-0.1, -0.05) is 0 Å². The van der Waals surface area contributed by atoms with E-state index >= 15 is 0 Å². The molecule has 2 atom stereocenters. The van der Waals surface area contributed by atoms with E-state index in [1.165, 1.54) is 12.5 Å². The van der Waals surface area contributed by atoms with Crippen LogP contribution in [0.4, 0.5) is 0 Å². The summed E-state index contributed by atoms with van der Waals surface area (Å²) in [5.41, 5.74) is 5.33. The van der Waals surface area contributed by atoms with Crippen LogP contribution in [0.5, 0.6) is 0 Å². The van der Waals surface area contributed by atoms with Crippen LogP contribution in [0, 0.1) is 0 Å². The van der Waals surface area contributed by atoms with Crippen molar-refractivity contribution in [2.75, 3.05) is 0 Å². The van der Waals surface area contributed by atoms with Crippen LogP contribution in [0.15, 0.2) is 12.5 Å². The van der Waals surface area contributed by atoms with E-state index in [0.717, 1.165) is 0 Å². The molecule has 1 rings (SSSR count). The number of aromatic nitrogens is 2. The molecule has 0 fully saturated rings. The SMILES string of the molecule is [2H][C@H](c1cnc[nH]1)[C@]([2H])(N)C(=O)O. The van der Waals surface area contributed by atoms with E-state index in [0.29, 0.717) is 0 Å². The fraction of sp³-hybridized carbons (Fsp3) is 0.333. The standard InChI is InChI=1S/C6H9N3O2/c7-5(6(10)11)1-4-2-8-3-9-4/h2-3,5H,1,7H2,(H,8,9)(H,10,11)/t5-/m0/s1/i1D,5D/t1-,5+/m1. The fourth-order valence-corrected chi connectivity index (χ4v) is 0.575. The third-order valence-corrected chi connectivity index (χ3v) is 1.08. The maximum absolute atomic E-state index is 10.5. The highest BCUT2D eigenvalue weighted by molar-refractivity contribution is 5.73. The van der Waals surface area contributed by atoms with E-state index < -0.39 is 18.4 Å². The molecule has 5 heteroatoms. The van der Waals surface area contributed by atoms with E-state index in [1.54, 1.807) is 0 Å². The number of nitrogens with zero attached hydrogens (tertiary/aromatic N) is 1. The van der Waals surface area contributed by atoms with E-state index in [4.69, 9.17) is 13.6 Å². The van der Waals surface area contributed by atoms with Crippen molar-refractivity contribution >= 4 is 5.97 Å². The number of nitrogens with one attached hydrogen (secondary N) is 1. The van der Waals surface area contributed by atoms with Crippen molar-refractivity contribution in [1.29, 1.82) is 0 Å².